The Kier molecular flexibility index (Phi) is 11.3. The second-order valence-corrected chi connectivity index (χ2v) is 9.54. The smallest absolute Gasteiger partial charge is 0.329 e. The number of hydrogen-bond acceptors (Lipinski definition) is 6. The fourth-order valence-corrected chi connectivity index (χ4v) is 4.31. The summed E-state index contributed by atoms with van der Waals surface area (Å²) in [5.41, 5.74) is 1.70. The number of carbonyl (C=O) groups excluding carboxylic acids is 4. The number of unbranched alkanes of at least 4 members (excludes halogenated alkanes) is 1. The van der Waals surface area contributed by atoms with Crippen LogP contribution in [0.25, 0.3) is 0 Å². The fraction of sp³-hybridized carbons (Fsp3) is 0.448. The van der Waals surface area contributed by atoms with Crippen molar-refractivity contribution in [3.63, 3.8) is 0 Å². The molecule has 38 heavy (non-hydrogen) atoms. The average molecular weight is 524 g/mol. The molecule has 9 nitrogen and oxygen atoms in total. The van der Waals surface area contributed by atoms with Gasteiger partial charge in [0.2, 0.25) is 17.7 Å². The standard InChI is InChI=1S/C29H37N3O6/c1-20-27(34)32-25(18-22-13-7-4-8-14-22)29(36)38-23(15-9-10-16-37-2)19-26(33)31-24(28(35)30-20)17-21-11-5-3-6-12-21/h3-8,11-14,20,23-25H,9-10,15-19H2,1-2H3,(H,30,35)(H,31,33)(H,32,34)/t20-,23-,24-,25-/m1/s1. The van der Waals surface area contributed by atoms with Crippen LogP contribution in [-0.4, -0.2) is 61.6 Å². The Morgan fingerprint density at radius 2 is 1.39 bits per heavy atom. The molecule has 1 heterocycles. The van der Waals surface area contributed by atoms with Gasteiger partial charge in [-0.05, 0) is 37.3 Å². The van der Waals surface area contributed by atoms with Gasteiger partial charge in [-0.25, -0.2) is 4.79 Å². The lowest BCUT2D eigenvalue weighted by Gasteiger charge is -2.23. The zero-order valence-corrected chi connectivity index (χ0v) is 22.0. The molecule has 2 aromatic carbocycles. The van der Waals surface area contributed by atoms with E-state index < -0.39 is 47.9 Å². The number of hydrogen-bond donors (Lipinski definition) is 3. The van der Waals surface area contributed by atoms with E-state index in [1.807, 2.05) is 60.7 Å². The van der Waals surface area contributed by atoms with E-state index in [4.69, 9.17) is 9.47 Å². The molecule has 0 radical (unpaired) electrons. The third kappa shape index (κ3) is 9.30. The molecule has 1 fully saturated rings. The van der Waals surface area contributed by atoms with Crippen molar-refractivity contribution in [2.24, 2.45) is 0 Å². The topological polar surface area (TPSA) is 123 Å². The van der Waals surface area contributed by atoms with Gasteiger partial charge in [-0.3, -0.25) is 14.4 Å². The quantitative estimate of drug-likeness (QED) is 0.342. The first kappa shape index (κ1) is 28.8. The van der Waals surface area contributed by atoms with Crippen molar-refractivity contribution in [3.05, 3.63) is 71.8 Å². The largest absolute Gasteiger partial charge is 0.460 e. The van der Waals surface area contributed by atoms with Crippen molar-refractivity contribution < 1.29 is 28.7 Å². The molecule has 0 spiro atoms. The number of rotatable bonds is 9. The Balaban J connectivity index is 1.85. The lowest BCUT2D eigenvalue weighted by molar-refractivity contribution is -0.154. The average Bonchev–Trinajstić information content (AvgIpc) is 2.91. The molecule has 3 amide bonds. The molecule has 3 rings (SSSR count). The van der Waals surface area contributed by atoms with Gasteiger partial charge in [0.15, 0.2) is 0 Å². The van der Waals surface area contributed by atoms with E-state index in [0.717, 1.165) is 17.5 Å². The first-order valence-corrected chi connectivity index (χ1v) is 13.0. The second-order valence-electron chi connectivity index (χ2n) is 9.54. The third-order valence-corrected chi connectivity index (χ3v) is 6.39. The summed E-state index contributed by atoms with van der Waals surface area (Å²) < 4.78 is 10.9. The van der Waals surface area contributed by atoms with Gasteiger partial charge in [-0.15, -0.1) is 0 Å². The Hall–Kier alpha value is -3.72. The van der Waals surface area contributed by atoms with E-state index in [9.17, 15) is 19.2 Å². The highest BCUT2D eigenvalue weighted by atomic mass is 16.5. The summed E-state index contributed by atoms with van der Waals surface area (Å²) in [6.07, 6.45) is 1.52. The van der Waals surface area contributed by atoms with Crippen LogP contribution in [0, 0.1) is 0 Å². The summed E-state index contributed by atoms with van der Waals surface area (Å²) in [6, 6.07) is 15.8. The molecule has 1 aliphatic heterocycles. The number of ether oxygens (including phenoxy) is 2. The summed E-state index contributed by atoms with van der Waals surface area (Å²) in [4.78, 5) is 52.5. The zero-order chi connectivity index (χ0) is 27.3. The lowest BCUT2D eigenvalue weighted by atomic mass is 10.0. The number of nitrogens with one attached hydrogen (secondary N) is 3. The second kappa shape index (κ2) is 14.9. The van der Waals surface area contributed by atoms with Gasteiger partial charge in [0, 0.05) is 26.6 Å². The molecular weight excluding hydrogens is 486 g/mol. The van der Waals surface area contributed by atoms with Gasteiger partial charge in [0.1, 0.15) is 24.2 Å². The molecule has 0 unspecified atom stereocenters. The summed E-state index contributed by atoms with van der Waals surface area (Å²) in [5.74, 6) is -2.02. The number of amides is 3. The van der Waals surface area contributed by atoms with Crippen molar-refractivity contribution in [1.82, 2.24) is 16.0 Å². The van der Waals surface area contributed by atoms with E-state index in [0.29, 0.717) is 19.4 Å². The molecule has 204 valence electrons. The van der Waals surface area contributed by atoms with Gasteiger partial charge in [0.25, 0.3) is 0 Å². The van der Waals surface area contributed by atoms with Crippen molar-refractivity contribution in [2.45, 2.75) is 69.7 Å². The van der Waals surface area contributed by atoms with E-state index in [1.54, 1.807) is 7.11 Å². The predicted octanol–water partition coefficient (Wildman–Crippen LogP) is 2.08. The fourth-order valence-electron chi connectivity index (χ4n) is 4.31. The van der Waals surface area contributed by atoms with Crippen molar-refractivity contribution in [3.8, 4) is 0 Å². The summed E-state index contributed by atoms with van der Waals surface area (Å²) in [7, 11) is 1.61. The maximum absolute atomic E-state index is 13.3. The Morgan fingerprint density at radius 1 is 0.789 bits per heavy atom. The molecule has 1 saturated heterocycles. The Bertz CT molecular complexity index is 1060. The number of methoxy groups -OCH3 is 1. The highest BCUT2D eigenvalue weighted by Crippen LogP contribution is 2.14. The van der Waals surface area contributed by atoms with E-state index in [-0.39, 0.29) is 19.3 Å². The van der Waals surface area contributed by atoms with Gasteiger partial charge < -0.3 is 25.4 Å². The molecule has 0 aromatic heterocycles. The lowest BCUT2D eigenvalue weighted by Crippen LogP contribution is -2.55. The first-order chi connectivity index (χ1) is 18.4. The van der Waals surface area contributed by atoms with Crippen LogP contribution < -0.4 is 16.0 Å². The summed E-state index contributed by atoms with van der Waals surface area (Å²) in [5, 5.41) is 8.22. The minimum atomic E-state index is -0.977. The highest BCUT2D eigenvalue weighted by Gasteiger charge is 2.32. The zero-order valence-electron chi connectivity index (χ0n) is 22.0. The number of carbonyl (C=O) groups is 4. The van der Waals surface area contributed by atoms with E-state index in [1.165, 1.54) is 6.92 Å². The molecule has 3 N–H and O–H groups in total. The maximum atomic E-state index is 13.3. The van der Waals surface area contributed by atoms with Crippen molar-refractivity contribution in [2.75, 3.05) is 13.7 Å². The minimum absolute atomic E-state index is 0.0984. The first-order valence-electron chi connectivity index (χ1n) is 13.0. The monoisotopic (exact) mass is 523 g/mol. The van der Waals surface area contributed by atoms with E-state index in [2.05, 4.69) is 16.0 Å². The van der Waals surface area contributed by atoms with Gasteiger partial charge in [-0.1, -0.05) is 60.7 Å². The number of esters is 1. The van der Waals surface area contributed by atoms with Gasteiger partial charge in [-0.2, -0.15) is 0 Å². The molecule has 0 bridgehead atoms. The van der Waals surface area contributed by atoms with Crippen LogP contribution in [0.15, 0.2) is 60.7 Å². The van der Waals surface area contributed by atoms with Crippen LogP contribution in [0.5, 0.6) is 0 Å². The summed E-state index contributed by atoms with van der Waals surface area (Å²) >= 11 is 0. The van der Waals surface area contributed by atoms with Crippen LogP contribution >= 0.6 is 0 Å². The Morgan fingerprint density at radius 3 is 2.00 bits per heavy atom. The molecule has 9 heteroatoms. The SMILES string of the molecule is COCCCC[C@@H]1CC(=O)N[C@H](Cc2ccccc2)C(=O)N[C@H](C)C(=O)N[C@H](Cc2ccccc2)C(=O)O1. The van der Waals surface area contributed by atoms with Crippen LogP contribution in [0.2, 0.25) is 0 Å². The molecule has 0 aliphatic carbocycles. The highest BCUT2D eigenvalue weighted by molar-refractivity contribution is 5.94. The number of benzene rings is 2. The van der Waals surface area contributed by atoms with E-state index >= 15 is 0 Å². The third-order valence-electron chi connectivity index (χ3n) is 6.39. The van der Waals surface area contributed by atoms with Crippen LogP contribution in [0.4, 0.5) is 0 Å². The molecular formula is C29H37N3O6. The molecule has 4 atom stereocenters. The maximum Gasteiger partial charge on any atom is 0.329 e. The summed E-state index contributed by atoms with van der Waals surface area (Å²) in [6.45, 7) is 2.09. The van der Waals surface area contributed by atoms with Crippen molar-refractivity contribution >= 4 is 23.7 Å². The van der Waals surface area contributed by atoms with Gasteiger partial charge in [0.05, 0.1) is 6.42 Å². The predicted molar refractivity (Wildman–Crippen MR) is 142 cm³/mol. The minimum Gasteiger partial charge on any atom is -0.460 e. The van der Waals surface area contributed by atoms with Crippen LogP contribution in [0.1, 0.15) is 43.7 Å². The molecule has 2 aromatic rings. The van der Waals surface area contributed by atoms with Crippen molar-refractivity contribution in [1.29, 1.82) is 0 Å². The normalized spacial score (nSPS) is 23.1. The van der Waals surface area contributed by atoms with Crippen LogP contribution in [0.3, 0.4) is 0 Å². The number of cyclic esters (lactones) is 1. The van der Waals surface area contributed by atoms with Crippen LogP contribution in [-0.2, 0) is 41.5 Å². The molecule has 0 saturated carbocycles. The Labute approximate surface area is 223 Å². The van der Waals surface area contributed by atoms with Gasteiger partial charge >= 0.3 is 5.97 Å². The molecule has 1 aliphatic rings.